The van der Waals surface area contributed by atoms with Gasteiger partial charge in [-0.25, -0.2) is 4.39 Å². The minimum atomic E-state index is -0.324. The summed E-state index contributed by atoms with van der Waals surface area (Å²) in [7, 11) is 0. The van der Waals surface area contributed by atoms with Crippen LogP contribution in [-0.4, -0.2) is 0 Å². The van der Waals surface area contributed by atoms with E-state index < -0.39 is 0 Å². The van der Waals surface area contributed by atoms with Crippen molar-refractivity contribution >= 4 is 5.69 Å². The van der Waals surface area contributed by atoms with E-state index in [0.29, 0.717) is 12.2 Å². The van der Waals surface area contributed by atoms with E-state index in [4.69, 9.17) is 11.6 Å². The van der Waals surface area contributed by atoms with Crippen LogP contribution in [0.1, 0.15) is 5.56 Å². The lowest BCUT2D eigenvalue weighted by molar-refractivity contribution is 0.627. The molecule has 0 saturated heterocycles. The van der Waals surface area contributed by atoms with Crippen LogP contribution in [0.15, 0.2) is 18.2 Å². The first-order valence-electron chi connectivity index (χ1n) is 3.23. The third-order valence-corrected chi connectivity index (χ3v) is 1.45. The molecule has 0 spiro atoms. The maximum atomic E-state index is 12.5. The van der Waals surface area contributed by atoms with E-state index in [1.54, 1.807) is 6.07 Å². The standard InChI is InChI=1S/C7H10FN3/c8-6-2-1-5(4-9)7(3-6)11-10/h1-3,11H,4,9-10H2. The first-order valence-corrected chi connectivity index (χ1v) is 3.23. The number of benzene rings is 1. The smallest absolute Gasteiger partial charge is 0.125 e. The Morgan fingerprint density at radius 1 is 1.45 bits per heavy atom. The third kappa shape index (κ3) is 1.66. The zero-order chi connectivity index (χ0) is 8.27. The average molecular weight is 155 g/mol. The van der Waals surface area contributed by atoms with Crippen molar-refractivity contribution in [1.82, 2.24) is 0 Å². The maximum absolute atomic E-state index is 12.5. The van der Waals surface area contributed by atoms with Crippen LogP contribution in [0.25, 0.3) is 0 Å². The van der Waals surface area contributed by atoms with E-state index in [1.807, 2.05) is 0 Å². The van der Waals surface area contributed by atoms with Crippen molar-refractivity contribution in [3.8, 4) is 0 Å². The molecule has 4 heteroatoms. The number of rotatable bonds is 2. The Bertz CT molecular complexity index is 249. The first kappa shape index (κ1) is 7.97. The van der Waals surface area contributed by atoms with Gasteiger partial charge in [0.2, 0.25) is 0 Å². The number of nitrogens with two attached hydrogens (primary N) is 2. The van der Waals surface area contributed by atoms with E-state index in [0.717, 1.165) is 5.56 Å². The highest BCUT2D eigenvalue weighted by Gasteiger charge is 1.99. The molecule has 0 aromatic heterocycles. The number of nitrogens with one attached hydrogen (secondary N) is 1. The molecule has 1 aromatic carbocycles. The monoisotopic (exact) mass is 155 g/mol. The molecule has 0 aliphatic rings. The molecule has 0 saturated carbocycles. The van der Waals surface area contributed by atoms with Crippen LogP contribution in [0.3, 0.4) is 0 Å². The number of hydrogen-bond acceptors (Lipinski definition) is 3. The van der Waals surface area contributed by atoms with E-state index in [2.05, 4.69) is 5.43 Å². The van der Waals surface area contributed by atoms with Crippen molar-refractivity contribution in [3.05, 3.63) is 29.6 Å². The van der Waals surface area contributed by atoms with Crippen LogP contribution in [0, 0.1) is 5.82 Å². The predicted octanol–water partition coefficient (Wildman–Crippen LogP) is 0.570. The van der Waals surface area contributed by atoms with Gasteiger partial charge in [0.25, 0.3) is 0 Å². The zero-order valence-corrected chi connectivity index (χ0v) is 5.97. The SMILES string of the molecule is NCc1ccc(F)cc1NN. The number of hydrazine groups is 1. The fourth-order valence-corrected chi connectivity index (χ4v) is 0.861. The van der Waals surface area contributed by atoms with Crippen molar-refractivity contribution < 1.29 is 4.39 Å². The Morgan fingerprint density at radius 2 is 2.18 bits per heavy atom. The van der Waals surface area contributed by atoms with Gasteiger partial charge in [0.15, 0.2) is 0 Å². The largest absolute Gasteiger partial charge is 0.326 e. The molecule has 11 heavy (non-hydrogen) atoms. The van der Waals surface area contributed by atoms with Gasteiger partial charge in [0.05, 0.1) is 5.69 Å². The number of nitrogen functional groups attached to an aromatic ring is 1. The summed E-state index contributed by atoms with van der Waals surface area (Å²) in [6.07, 6.45) is 0. The van der Waals surface area contributed by atoms with Crippen molar-refractivity contribution in [2.45, 2.75) is 6.54 Å². The van der Waals surface area contributed by atoms with Crippen molar-refractivity contribution in [2.75, 3.05) is 5.43 Å². The number of halogens is 1. The summed E-state index contributed by atoms with van der Waals surface area (Å²) in [5.41, 5.74) is 9.06. The second-order valence-corrected chi connectivity index (χ2v) is 2.15. The Kier molecular flexibility index (Phi) is 2.40. The zero-order valence-electron chi connectivity index (χ0n) is 5.97. The van der Waals surface area contributed by atoms with E-state index in [-0.39, 0.29) is 5.82 Å². The highest BCUT2D eigenvalue weighted by molar-refractivity contribution is 5.50. The maximum Gasteiger partial charge on any atom is 0.125 e. The summed E-state index contributed by atoms with van der Waals surface area (Å²) in [5, 5.41) is 0. The normalized spacial score (nSPS) is 9.73. The molecule has 0 fully saturated rings. The fraction of sp³-hybridized carbons (Fsp3) is 0.143. The molecule has 60 valence electrons. The van der Waals surface area contributed by atoms with E-state index >= 15 is 0 Å². The number of hydrogen-bond donors (Lipinski definition) is 3. The molecular formula is C7H10FN3. The van der Waals surface area contributed by atoms with Crippen LogP contribution in [-0.2, 0) is 6.54 Å². The summed E-state index contributed by atoms with van der Waals surface area (Å²) in [5.74, 6) is 4.80. The average Bonchev–Trinajstić information content (AvgIpc) is 2.04. The molecule has 0 aliphatic heterocycles. The lowest BCUT2D eigenvalue weighted by atomic mass is 10.2. The quantitative estimate of drug-likeness (QED) is 0.432. The van der Waals surface area contributed by atoms with Gasteiger partial charge in [-0.3, -0.25) is 5.84 Å². The second kappa shape index (κ2) is 3.32. The van der Waals surface area contributed by atoms with Crippen molar-refractivity contribution in [2.24, 2.45) is 11.6 Å². The predicted molar refractivity (Wildman–Crippen MR) is 42.1 cm³/mol. The van der Waals surface area contributed by atoms with Gasteiger partial charge >= 0.3 is 0 Å². The van der Waals surface area contributed by atoms with Crippen LogP contribution >= 0.6 is 0 Å². The molecule has 0 radical (unpaired) electrons. The van der Waals surface area contributed by atoms with Crippen molar-refractivity contribution in [1.29, 1.82) is 0 Å². The molecule has 0 heterocycles. The molecular weight excluding hydrogens is 145 g/mol. The van der Waals surface area contributed by atoms with Gasteiger partial charge in [-0.1, -0.05) is 6.07 Å². The Hall–Kier alpha value is -1.13. The highest BCUT2D eigenvalue weighted by Crippen LogP contribution is 2.14. The minimum absolute atomic E-state index is 0.324. The van der Waals surface area contributed by atoms with Crippen molar-refractivity contribution in [3.63, 3.8) is 0 Å². The molecule has 0 amide bonds. The molecule has 1 rings (SSSR count). The summed E-state index contributed by atoms with van der Waals surface area (Å²) in [6, 6.07) is 4.26. The molecule has 3 nitrogen and oxygen atoms in total. The Labute approximate surface area is 64.2 Å². The van der Waals surface area contributed by atoms with Crippen LogP contribution in [0.2, 0.25) is 0 Å². The van der Waals surface area contributed by atoms with Gasteiger partial charge in [0, 0.05) is 6.54 Å². The summed E-state index contributed by atoms with van der Waals surface area (Å²) >= 11 is 0. The lowest BCUT2D eigenvalue weighted by Crippen LogP contribution is -2.11. The summed E-state index contributed by atoms with van der Waals surface area (Å²) in [6.45, 7) is 0.347. The van der Waals surface area contributed by atoms with Gasteiger partial charge in [-0.2, -0.15) is 0 Å². The lowest BCUT2D eigenvalue weighted by Gasteiger charge is -2.05. The second-order valence-electron chi connectivity index (χ2n) is 2.15. The highest BCUT2D eigenvalue weighted by atomic mass is 19.1. The fourth-order valence-electron chi connectivity index (χ4n) is 0.861. The van der Waals surface area contributed by atoms with E-state index in [1.165, 1.54) is 12.1 Å². The molecule has 0 atom stereocenters. The molecule has 0 aliphatic carbocycles. The Balaban J connectivity index is 3.06. The molecule has 1 aromatic rings. The van der Waals surface area contributed by atoms with Gasteiger partial charge in [-0.05, 0) is 17.7 Å². The molecule has 5 N–H and O–H groups in total. The third-order valence-electron chi connectivity index (χ3n) is 1.45. The summed E-state index contributed by atoms with van der Waals surface area (Å²) in [4.78, 5) is 0. The Morgan fingerprint density at radius 3 is 2.73 bits per heavy atom. The number of anilines is 1. The summed E-state index contributed by atoms with van der Waals surface area (Å²) < 4.78 is 12.5. The molecule has 0 unspecified atom stereocenters. The van der Waals surface area contributed by atoms with Gasteiger partial charge < -0.3 is 11.2 Å². The van der Waals surface area contributed by atoms with Gasteiger partial charge in [-0.15, -0.1) is 0 Å². The van der Waals surface area contributed by atoms with Crippen LogP contribution in [0.5, 0.6) is 0 Å². The first-order chi connectivity index (χ1) is 5.27. The van der Waals surface area contributed by atoms with Gasteiger partial charge in [0.1, 0.15) is 5.82 Å². The minimum Gasteiger partial charge on any atom is -0.326 e. The van der Waals surface area contributed by atoms with Crippen LogP contribution < -0.4 is 17.0 Å². The molecule has 0 bridgehead atoms. The van der Waals surface area contributed by atoms with Crippen LogP contribution in [0.4, 0.5) is 10.1 Å². The van der Waals surface area contributed by atoms with E-state index in [9.17, 15) is 4.39 Å². The topological polar surface area (TPSA) is 64.1 Å².